The minimum Gasteiger partial charge on any atom is -0.497 e. The molecule has 3 aromatic carbocycles. The van der Waals surface area contributed by atoms with Crippen molar-refractivity contribution in [1.82, 2.24) is 0 Å². The maximum Gasteiger partial charge on any atom is 0.339 e. The van der Waals surface area contributed by atoms with E-state index in [-0.39, 0.29) is 0 Å². The summed E-state index contributed by atoms with van der Waals surface area (Å²) in [6, 6.07) is 22.9. The van der Waals surface area contributed by atoms with Gasteiger partial charge < -0.3 is 14.8 Å². The zero-order chi connectivity index (χ0) is 19.9. The Morgan fingerprint density at radius 2 is 1.50 bits per heavy atom. The van der Waals surface area contributed by atoms with E-state index < -0.39 is 18.0 Å². The first-order valence-corrected chi connectivity index (χ1v) is 8.84. The third-order valence-corrected chi connectivity index (χ3v) is 4.21. The highest BCUT2D eigenvalue weighted by atomic mass is 16.5. The van der Waals surface area contributed by atoms with Gasteiger partial charge in [-0.3, -0.25) is 4.79 Å². The Balaban J connectivity index is 1.81. The Morgan fingerprint density at radius 1 is 0.857 bits per heavy atom. The highest BCUT2D eigenvalue weighted by molar-refractivity contribution is 5.98. The molecule has 0 bridgehead atoms. The second-order valence-corrected chi connectivity index (χ2v) is 6.28. The molecule has 1 N–H and O–H groups in total. The second kappa shape index (κ2) is 8.86. The van der Waals surface area contributed by atoms with Gasteiger partial charge in [0.25, 0.3) is 5.91 Å². The predicted octanol–water partition coefficient (Wildman–Crippen LogP) is 4.54. The number of methoxy groups -OCH3 is 1. The number of ether oxygens (including phenoxy) is 2. The van der Waals surface area contributed by atoms with Crippen LogP contribution in [0.3, 0.4) is 0 Å². The molecule has 0 saturated heterocycles. The Labute approximate surface area is 163 Å². The first-order valence-electron chi connectivity index (χ1n) is 8.84. The van der Waals surface area contributed by atoms with Crippen molar-refractivity contribution in [3.8, 4) is 5.75 Å². The zero-order valence-corrected chi connectivity index (χ0v) is 15.7. The first kappa shape index (κ1) is 19.2. The van der Waals surface area contributed by atoms with Crippen LogP contribution in [0.15, 0.2) is 78.9 Å². The number of esters is 1. The van der Waals surface area contributed by atoms with Crippen molar-refractivity contribution in [3.63, 3.8) is 0 Å². The minimum absolute atomic E-state index is 0.338. The van der Waals surface area contributed by atoms with Crippen molar-refractivity contribution in [2.24, 2.45) is 0 Å². The van der Waals surface area contributed by atoms with Crippen molar-refractivity contribution in [2.75, 3.05) is 12.4 Å². The molecule has 0 heterocycles. The van der Waals surface area contributed by atoms with Crippen LogP contribution in [0.5, 0.6) is 5.75 Å². The van der Waals surface area contributed by atoms with E-state index in [4.69, 9.17) is 9.47 Å². The molecule has 3 rings (SSSR count). The highest BCUT2D eigenvalue weighted by Crippen LogP contribution is 2.22. The van der Waals surface area contributed by atoms with Crippen LogP contribution in [-0.2, 0) is 9.53 Å². The summed E-state index contributed by atoms with van der Waals surface area (Å²) in [5.41, 5.74) is 2.65. The third-order valence-electron chi connectivity index (χ3n) is 4.21. The molecule has 0 aromatic heterocycles. The lowest BCUT2D eigenvalue weighted by molar-refractivity contribution is -0.125. The van der Waals surface area contributed by atoms with E-state index in [1.54, 1.807) is 67.8 Å². The second-order valence-electron chi connectivity index (χ2n) is 6.28. The topological polar surface area (TPSA) is 64.6 Å². The van der Waals surface area contributed by atoms with Gasteiger partial charge in [0.2, 0.25) is 6.10 Å². The monoisotopic (exact) mass is 375 g/mol. The van der Waals surface area contributed by atoms with Crippen LogP contribution in [0.2, 0.25) is 0 Å². The molecule has 3 aromatic rings. The molecule has 0 aliphatic rings. The molecule has 142 valence electrons. The van der Waals surface area contributed by atoms with Crippen LogP contribution in [0.4, 0.5) is 5.69 Å². The number of hydrogen-bond acceptors (Lipinski definition) is 4. The van der Waals surface area contributed by atoms with Gasteiger partial charge in [0.15, 0.2) is 0 Å². The maximum atomic E-state index is 12.9. The van der Waals surface area contributed by atoms with E-state index in [0.717, 1.165) is 5.56 Å². The summed E-state index contributed by atoms with van der Waals surface area (Å²) in [6.07, 6.45) is -1.07. The number of carbonyl (C=O) groups is 2. The Kier molecular flexibility index (Phi) is 6.07. The lowest BCUT2D eigenvalue weighted by Crippen LogP contribution is -2.26. The minimum atomic E-state index is -1.07. The van der Waals surface area contributed by atoms with Crippen molar-refractivity contribution in [2.45, 2.75) is 13.0 Å². The van der Waals surface area contributed by atoms with Gasteiger partial charge in [0.05, 0.1) is 12.7 Å². The number of anilines is 1. The van der Waals surface area contributed by atoms with Crippen molar-refractivity contribution in [1.29, 1.82) is 0 Å². The molecule has 1 amide bonds. The van der Waals surface area contributed by atoms with Gasteiger partial charge in [0.1, 0.15) is 5.75 Å². The average molecular weight is 375 g/mol. The Hall–Kier alpha value is -3.60. The number of carbonyl (C=O) groups excluding carboxylic acids is 2. The molecule has 0 spiro atoms. The number of aryl methyl sites for hydroxylation is 1. The number of nitrogens with one attached hydrogen (secondary N) is 1. The quantitative estimate of drug-likeness (QED) is 0.643. The number of hydrogen-bond donors (Lipinski definition) is 1. The fourth-order valence-corrected chi connectivity index (χ4v) is 2.65. The standard InChI is InChI=1S/C23H21NO4/c1-16-8-12-19(13-9-16)24-22(25)21(17-6-4-3-5-7-17)28-23(26)18-10-14-20(27-2)15-11-18/h3-15,21H,1-2H3,(H,24,25). The van der Waals surface area contributed by atoms with Gasteiger partial charge >= 0.3 is 5.97 Å². The van der Waals surface area contributed by atoms with Gasteiger partial charge in [0, 0.05) is 11.3 Å². The largest absolute Gasteiger partial charge is 0.497 e. The average Bonchev–Trinajstić information content (AvgIpc) is 2.74. The normalized spacial score (nSPS) is 11.4. The Bertz CT molecular complexity index is 935. The zero-order valence-electron chi connectivity index (χ0n) is 15.7. The summed E-state index contributed by atoms with van der Waals surface area (Å²) < 4.78 is 10.7. The summed E-state index contributed by atoms with van der Waals surface area (Å²) in [4.78, 5) is 25.4. The lowest BCUT2D eigenvalue weighted by Gasteiger charge is -2.18. The van der Waals surface area contributed by atoms with E-state index in [2.05, 4.69) is 5.32 Å². The van der Waals surface area contributed by atoms with E-state index in [0.29, 0.717) is 22.6 Å². The SMILES string of the molecule is COc1ccc(C(=O)OC(C(=O)Nc2ccc(C)cc2)c2ccccc2)cc1. The van der Waals surface area contributed by atoms with E-state index >= 15 is 0 Å². The summed E-state index contributed by atoms with van der Waals surface area (Å²) in [5.74, 6) is -0.374. The molecule has 5 heteroatoms. The van der Waals surface area contributed by atoms with Crippen molar-refractivity contribution in [3.05, 3.63) is 95.6 Å². The number of rotatable bonds is 6. The fourth-order valence-electron chi connectivity index (χ4n) is 2.65. The predicted molar refractivity (Wildman–Crippen MR) is 107 cm³/mol. The van der Waals surface area contributed by atoms with E-state index in [9.17, 15) is 9.59 Å². The van der Waals surface area contributed by atoms with Gasteiger partial charge in [-0.05, 0) is 43.3 Å². The van der Waals surface area contributed by atoms with Crippen LogP contribution in [0.1, 0.15) is 27.6 Å². The highest BCUT2D eigenvalue weighted by Gasteiger charge is 2.25. The van der Waals surface area contributed by atoms with Crippen LogP contribution in [-0.4, -0.2) is 19.0 Å². The molecule has 5 nitrogen and oxygen atoms in total. The first-order chi connectivity index (χ1) is 13.6. The summed E-state index contributed by atoms with van der Waals surface area (Å²) in [7, 11) is 1.55. The van der Waals surface area contributed by atoms with Crippen LogP contribution in [0, 0.1) is 6.92 Å². The molecule has 1 unspecified atom stereocenters. The van der Waals surface area contributed by atoms with E-state index in [1.165, 1.54) is 0 Å². The van der Waals surface area contributed by atoms with Crippen molar-refractivity contribution >= 4 is 17.6 Å². The molecule has 0 fully saturated rings. The molecule has 0 saturated carbocycles. The molecule has 1 atom stereocenters. The van der Waals surface area contributed by atoms with Crippen LogP contribution >= 0.6 is 0 Å². The smallest absolute Gasteiger partial charge is 0.339 e. The maximum absolute atomic E-state index is 12.9. The summed E-state index contributed by atoms with van der Waals surface area (Å²) in [6.45, 7) is 1.97. The lowest BCUT2D eigenvalue weighted by atomic mass is 10.1. The summed E-state index contributed by atoms with van der Waals surface area (Å²) >= 11 is 0. The van der Waals surface area contributed by atoms with Gasteiger partial charge in [-0.1, -0.05) is 48.0 Å². The third kappa shape index (κ3) is 4.76. The van der Waals surface area contributed by atoms with Gasteiger partial charge in [-0.15, -0.1) is 0 Å². The number of amides is 1. The molecule has 0 radical (unpaired) electrons. The fraction of sp³-hybridized carbons (Fsp3) is 0.130. The molecule has 0 aliphatic heterocycles. The summed E-state index contributed by atoms with van der Waals surface area (Å²) in [5, 5.41) is 2.81. The molecule has 28 heavy (non-hydrogen) atoms. The van der Waals surface area contributed by atoms with Gasteiger partial charge in [-0.25, -0.2) is 4.79 Å². The van der Waals surface area contributed by atoms with Crippen LogP contribution in [0.25, 0.3) is 0 Å². The van der Waals surface area contributed by atoms with E-state index in [1.807, 2.05) is 25.1 Å². The van der Waals surface area contributed by atoms with Crippen molar-refractivity contribution < 1.29 is 19.1 Å². The van der Waals surface area contributed by atoms with Gasteiger partial charge in [-0.2, -0.15) is 0 Å². The van der Waals surface area contributed by atoms with Crippen LogP contribution < -0.4 is 10.1 Å². The molecular formula is C23H21NO4. The molecule has 0 aliphatic carbocycles. The Morgan fingerprint density at radius 3 is 2.11 bits per heavy atom. The molecular weight excluding hydrogens is 354 g/mol. The number of benzene rings is 3.